The molecule has 3 rings (SSSR count). The summed E-state index contributed by atoms with van der Waals surface area (Å²) in [6.45, 7) is 0.637. The van der Waals surface area contributed by atoms with Gasteiger partial charge in [0.2, 0.25) is 5.78 Å². The average molecular weight is 231 g/mol. The summed E-state index contributed by atoms with van der Waals surface area (Å²) in [4.78, 5) is 28.5. The van der Waals surface area contributed by atoms with Crippen molar-refractivity contribution >= 4 is 29.0 Å². The minimum atomic E-state index is -0.365. The van der Waals surface area contributed by atoms with Crippen LogP contribution in [0.4, 0.5) is 0 Å². The fourth-order valence-electron chi connectivity index (χ4n) is 2.06. The van der Waals surface area contributed by atoms with E-state index in [1.807, 2.05) is 0 Å². The Morgan fingerprint density at radius 1 is 1.19 bits per heavy atom. The van der Waals surface area contributed by atoms with Gasteiger partial charge in [-0.2, -0.15) is 0 Å². The maximum Gasteiger partial charge on any atom is 0.209 e. The molecule has 1 atom stereocenters. The molecule has 1 aliphatic heterocycles. The van der Waals surface area contributed by atoms with Gasteiger partial charge in [0.1, 0.15) is 11.0 Å². The van der Waals surface area contributed by atoms with E-state index in [1.165, 1.54) is 11.8 Å². The third-order valence-corrected chi connectivity index (χ3v) is 4.00. The lowest BCUT2D eigenvalue weighted by molar-refractivity contribution is 0.0969. The van der Waals surface area contributed by atoms with E-state index in [9.17, 15) is 9.59 Å². The smallest absolute Gasteiger partial charge is 0.209 e. The highest BCUT2D eigenvalue weighted by molar-refractivity contribution is 8.01. The highest BCUT2D eigenvalue weighted by Crippen LogP contribution is 2.29. The lowest BCUT2D eigenvalue weighted by atomic mass is 9.87. The van der Waals surface area contributed by atoms with Crippen LogP contribution < -0.4 is 0 Å². The van der Waals surface area contributed by atoms with Crippen LogP contribution in [0.1, 0.15) is 20.7 Å². The monoisotopic (exact) mass is 231 g/mol. The van der Waals surface area contributed by atoms with Crippen molar-refractivity contribution in [2.75, 3.05) is 12.3 Å². The molecule has 1 unspecified atom stereocenters. The summed E-state index contributed by atoms with van der Waals surface area (Å²) in [6.07, 6.45) is 0. The van der Waals surface area contributed by atoms with Crippen LogP contribution >= 0.6 is 11.8 Å². The van der Waals surface area contributed by atoms with Crippen molar-refractivity contribution in [3.8, 4) is 0 Å². The second kappa shape index (κ2) is 3.56. The zero-order chi connectivity index (χ0) is 11.1. The summed E-state index contributed by atoms with van der Waals surface area (Å²) in [5, 5.41) is -0.365. The molecule has 1 aromatic carbocycles. The van der Waals surface area contributed by atoms with Crippen molar-refractivity contribution in [2.24, 2.45) is 4.99 Å². The number of thioether (sulfide) groups is 1. The predicted octanol–water partition coefficient (Wildman–Crippen LogP) is 1.62. The number of carbonyl (C=O) groups is 2. The average Bonchev–Trinajstić information content (AvgIpc) is 2.36. The number of aliphatic imine (C=N–C) groups is 1. The number of fused-ring (bicyclic) bond motifs is 2. The van der Waals surface area contributed by atoms with Crippen LogP contribution in [0.25, 0.3) is 0 Å². The molecule has 80 valence electrons. The Bertz CT molecular complexity index is 522. The highest BCUT2D eigenvalue weighted by Gasteiger charge is 2.39. The fraction of sp³-hybridized carbons (Fsp3) is 0.250. The van der Waals surface area contributed by atoms with E-state index in [0.29, 0.717) is 23.4 Å². The van der Waals surface area contributed by atoms with Crippen molar-refractivity contribution in [1.82, 2.24) is 0 Å². The Labute approximate surface area is 97.0 Å². The van der Waals surface area contributed by atoms with Crippen LogP contribution in [0.2, 0.25) is 0 Å². The molecule has 0 amide bonds. The maximum absolute atomic E-state index is 12.1. The normalized spacial score (nSPS) is 23.5. The molecular formula is C12H9NO2S. The first-order valence-electron chi connectivity index (χ1n) is 5.13. The van der Waals surface area contributed by atoms with Gasteiger partial charge < -0.3 is 0 Å². The molecule has 0 saturated carbocycles. The van der Waals surface area contributed by atoms with Crippen molar-refractivity contribution in [3.05, 3.63) is 35.4 Å². The topological polar surface area (TPSA) is 46.5 Å². The molecule has 0 saturated heterocycles. The molecule has 2 aliphatic rings. The van der Waals surface area contributed by atoms with E-state index < -0.39 is 0 Å². The van der Waals surface area contributed by atoms with Crippen LogP contribution in [0.5, 0.6) is 0 Å². The van der Waals surface area contributed by atoms with E-state index in [4.69, 9.17) is 0 Å². The van der Waals surface area contributed by atoms with Gasteiger partial charge in [-0.1, -0.05) is 24.3 Å². The molecule has 0 spiro atoms. The van der Waals surface area contributed by atoms with Crippen LogP contribution in [0.3, 0.4) is 0 Å². The number of hydrogen-bond donors (Lipinski definition) is 0. The third kappa shape index (κ3) is 1.26. The Hall–Kier alpha value is -1.42. The number of Topliss-reactive ketones (excluding diaryl/α,β-unsaturated/α-hetero) is 2. The van der Waals surface area contributed by atoms with Gasteiger partial charge in [0.25, 0.3) is 0 Å². The van der Waals surface area contributed by atoms with Crippen LogP contribution in [0.15, 0.2) is 29.3 Å². The second-order valence-corrected chi connectivity index (χ2v) is 4.97. The molecule has 1 aromatic rings. The van der Waals surface area contributed by atoms with Gasteiger partial charge >= 0.3 is 0 Å². The molecule has 1 aliphatic carbocycles. The molecule has 0 bridgehead atoms. The second-order valence-electron chi connectivity index (χ2n) is 3.76. The first-order chi connectivity index (χ1) is 7.79. The molecule has 0 N–H and O–H groups in total. The van der Waals surface area contributed by atoms with Gasteiger partial charge in [-0.05, 0) is 0 Å². The minimum Gasteiger partial charge on any atom is -0.292 e. The molecule has 0 radical (unpaired) electrons. The molecule has 3 nitrogen and oxygen atoms in total. The summed E-state index contributed by atoms with van der Waals surface area (Å²) >= 11 is 1.52. The quantitative estimate of drug-likeness (QED) is 0.681. The largest absolute Gasteiger partial charge is 0.292 e. The SMILES string of the molecule is O=C1C2=NCCSC2C(=O)c2ccccc21. The zero-order valence-corrected chi connectivity index (χ0v) is 9.29. The Morgan fingerprint density at radius 3 is 2.75 bits per heavy atom. The van der Waals surface area contributed by atoms with Gasteiger partial charge in [-0.15, -0.1) is 11.8 Å². The van der Waals surface area contributed by atoms with Crippen molar-refractivity contribution in [2.45, 2.75) is 5.25 Å². The van der Waals surface area contributed by atoms with Crippen LogP contribution in [-0.2, 0) is 0 Å². The van der Waals surface area contributed by atoms with E-state index in [2.05, 4.69) is 4.99 Å². The molecule has 1 heterocycles. The van der Waals surface area contributed by atoms with Gasteiger partial charge in [0.05, 0.1) is 0 Å². The van der Waals surface area contributed by atoms with E-state index in [1.54, 1.807) is 24.3 Å². The van der Waals surface area contributed by atoms with E-state index in [0.717, 1.165) is 5.75 Å². The lowest BCUT2D eigenvalue weighted by Crippen LogP contribution is -2.41. The molecule has 16 heavy (non-hydrogen) atoms. The molecule has 0 aromatic heterocycles. The summed E-state index contributed by atoms with van der Waals surface area (Å²) < 4.78 is 0. The first-order valence-corrected chi connectivity index (χ1v) is 6.18. The highest BCUT2D eigenvalue weighted by atomic mass is 32.2. The third-order valence-electron chi connectivity index (χ3n) is 2.81. The van der Waals surface area contributed by atoms with Gasteiger partial charge in [-0.3, -0.25) is 14.6 Å². The van der Waals surface area contributed by atoms with Gasteiger partial charge in [0, 0.05) is 23.4 Å². The Morgan fingerprint density at radius 2 is 1.94 bits per heavy atom. The van der Waals surface area contributed by atoms with Crippen molar-refractivity contribution in [1.29, 1.82) is 0 Å². The van der Waals surface area contributed by atoms with Gasteiger partial charge in [0.15, 0.2) is 5.78 Å². The standard InChI is InChI=1S/C12H9NO2S/c14-10-7-3-1-2-4-8(7)11(15)12-9(10)13-5-6-16-12/h1-4,12H,5-6H2. The first kappa shape index (κ1) is 9.78. The van der Waals surface area contributed by atoms with Crippen LogP contribution in [0, 0.1) is 0 Å². The number of nitrogens with zero attached hydrogens (tertiary/aromatic N) is 1. The van der Waals surface area contributed by atoms with E-state index >= 15 is 0 Å². The fourth-order valence-corrected chi connectivity index (χ4v) is 3.11. The van der Waals surface area contributed by atoms with Crippen molar-refractivity contribution in [3.63, 3.8) is 0 Å². The number of ketones is 2. The molecule has 4 heteroatoms. The van der Waals surface area contributed by atoms with Crippen molar-refractivity contribution < 1.29 is 9.59 Å². The zero-order valence-electron chi connectivity index (χ0n) is 8.47. The molecule has 0 fully saturated rings. The summed E-state index contributed by atoms with van der Waals surface area (Å²) in [7, 11) is 0. The predicted molar refractivity (Wildman–Crippen MR) is 63.7 cm³/mol. The lowest BCUT2D eigenvalue weighted by Gasteiger charge is -2.26. The minimum absolute atomic E-state index is 0.0265. The number of rotatable bonds is 0. The molecular weight excluding hydrogens is 222 g/mol. The summed E-state index contributed by atoms with van der Waals surface area (Å²) in [6, 6.07) is 7.00. The Kier molecular flexibility index (Phi) is 2.17. The maximum atomic E-state index is 12.1. The summed E-state index contributed by atoms with van der Waals surface area (Å²) in [5.41, 5.74) is 1.50. The number of carbonyl (C=O) groups excluding carboxylic acids is 2. The number of hydrogen-bond acceptors (Lipinski definition) is 4. The van der Waals surface area contributed by atoms with E-state index in [-0.39, 0.29) is 16.8 Å². The Balaban J connectivity index is 2.22. The number of benzene rings is 1. The summed E-state index contributed by atoms with van der Waals surface area (Å²) in [5.74, 6) is 0.765. The van der Waals surface area contributed by atoms with Crippen LogP contribution in [-0.4, -0.2) is 34.8 Å². The van der Waals surface area contributed by atoms with Gasteiger partial charge in [-0.25, -0.2) is 0 Å².